The van der Waals surface area contributed by atoms with Crippen LogP contribution in [0, 0.1) is 0 Å². The highest BCUT2D eigenvalue weighted by molar-refractivity contribution is 7.80. The summed E-state index contributed by atoms with van der Waals surface area (Å²) in [6, 6.07) is 17.1. The molecule has 0 aliphatic carbocycles. The second-order valence-corrected chi connectivity index (χ2v) is 9.72. The molecule has 1 fully saturated rings. The first-order valence-corrected chi connectivity index (χ1v) is 10.9. The van der Waals surface area contributed by atoms with Crippen molar-refractivity contribution in [2.45, 2.75) is 22.8 Å². The monoisotopic (exact) mass is 489 g/mol. The highest BCUT2D eigenvalue weighted by Crippen LogP contribution is 2.36. The van der Waals surface area contributed by atoms with Gasteiger partial charge in [0.15, 0.2) is 11.3 Å². The molecule has 0 saturated carbocycles. The molecule has 1 saturated heterocycles. The summed E-state index contributed by atoms with van der Waals surface area (Å²) in [6.45, 7) is 1.06. The fourth-order valence-electron chi connectivity index (χ4n) is 3.15. The number of anilines is 1. The van der Waals surface area contributed by atoms with Crippen molar-refractivity contribution >= 4 is 75.3 Å². The van der Waals surface area contributed by atoms with Gasteiger partial charge in [-0.2, -0.15) is 0 Å². The zero-order valence-electron chi connectivity index (χ0n) is 15.3. The third kappa shape index (κ3) is 5.68. The summed E-state index contributed by atoms with van der Waals surface area (Å²) in [6.07, 6.45) is -0.0262. The highest BCUT2D eigenvalue weighted by Gasteiger charge is 2.43. The van der Waals surface area contributed by atoms with Crippen LogP contribution in [0.5, 0.6) is 0 Å². The van der Waals surface area contributed by atoms with Crippen molar-refractivity contribution in [1.29, 1.82) is 0 Å². The summed E-state index contributed by atoms with van der Waals surface area (Å²) in [5.74, 6) is -0.218. The van der Waals surface area contributed by atoms with Gasteiger partial charge in [0.05, 0.1) is 10.7 Å². The minimum atomic E-state index is -1.76. The zero-order valence-corrected chi connectivity index (χ0v) is 19.2. The fourth-order valence-corrected chi connectivity index (χ4v) is 4.29. The normalized spacial score (nSPS) is 15.5. The molecule has 0 radical (unpaired) electrons. The number of alkyl halides is 3. The Morgan fingerprint density at radius 3 is 2.38 bits per heavy atom. The number of halogens is 4. The number of nitrogens with one attached hydrogen (secondary N) is 1. The summed E-state index contributed by atoms with van der Waals surface area (Å²) in [5, 5.41) is 3.85. The van der Waals surface area contributed by atoms with E-state index in [0.717, 1.165) is 11.3 Å². The van der Waals surface area contributed by atoms with Gasteiger partial charge >= 0.3 is 0 Å². The van der Waals surface area contributed by atoms with Crippen LogP contribution in [0.2, 0.25) is 5.02 Å². The first-order chi connectivity index (χ1) is 13.8. The largest absolute Gasteiger partial charge is 0.332 e. The summed E-state index contributed by atoms with van der Waals surface area (Å²) < 4.78 is -1.76. The van der Waals surface area contributed by atoms with Crippen molar-refractivity contribution < 1.29 is 4.79 Å². The quantitative estimate of drug-likeness (QED) is 0.446. The maximum Gasteiger partial charge on any atom is 0.228 e. The Morgan fingerprint density at radius 2 is 1.72 bits per heavy atom. The summed E-state index contributed by atoms with van der Waals surface area (Å²) in [7, 11) is 0. The minimum absolute atomic E-state index is 0.218. The molecule has 154 valence electrons. The number of benzene rings is 2. The molecule has 1 atom stereocenters. The number of para-hydroxylation sites is 1. The summed E-state index contributed by atoms with van der Waals surface area (Å²) >= 11 is 30.5. The van der Waals surface area contributed by atoms with Crippen molar-refractivity contribution in [2.24, 2.45) is 0 Å². The van der Waals surface area contributed by atoms with E-state index in [1.165, 1.54) is 0 Å². The van der Waals surface area contributed by atoms with Crippen LogP contribution in [0.3, 0.4) is 0 Å². The van der Waals surface area contributed by atoms with Crippen LogP contribution < -0.4 is 10.2 Å². The van der Waals surface area contributed by atoms with E-state index in [1.807, 2.05) is 53.4 Å². The number of carbonyl (C=O) groups excluding carboxylic acids is 1. The third-order valence-electron chi connectivity index (χ3n) is 4.59. The molecular weight excluding hydrogens is 472 g/mol. The molecule has 0 spiro atoms. The lowest BCUT2D eigenvalue weighted by Gasteiger charge is -2.35. The van der Waals surface area contributed by atoms with Gasteiger partial charge in [-0.1, -0.05) is 88.9 Å². The van der Waals surface area contributed by atoms with Crippen LogP contribution in [0.1, 0.15) is 12.0 Å². The van der Waals surface area contributed by atoms with Gasteiger partial charge in [0.25, 0.3) is 0 Å². The van der Waals surface area contributed by atoms with Crippen LogP contribution in [0.4, 0.5) is 5.69 Å². The number of hydrogen-bond acceptors (Lipinski definition) is 2. The number of aryl methyl sites for hydroxylation is 1. The Bertz CT molecular complexity index is 876. The lowest BCUT2D eigenvalue weighted by molar-refractivity contribution is -0.122. The van der Waals surface area contributed by atoms with E-state index in [0.29, 0.717) is 29.6 Å². The van der Waals surface area contributed by atoms with Gasteiger partial charge in [0.2, 0.25) is 9.70 Å². The molecule has 2 aromatic rings. The number of nitrogens with zero attached hydrogens (tertiary/aromatic N) is 2. The topological polar surface area (TPSA) is 35.6 Å². The Hall–Kier alpha value is -1.24. The molecule has 4 nitrogen and oxygen atoms in total. The van der Waals surface area contributed by atoms with E-state index in [9.17, 15) is 4.79 Å². The Kier molecular flexibility index (Phi) is 7.52. The van der Waals surface area contributed by atoms with Crippen molar-refractivity contribution in [2.75, 3.05) is 18.0 Å². The van der Waals surface area contributed by atoms with Crippen molar-refractivity contribution in [1.82, 2.24) is 10.2 Å². The molecule has 1 heterocycles. The highest BCUT2D eigenvalue weighted by atomic mass is 35.6. The molecule has 1 N–H and O–H groups in total. The molecule has 0 bridgehead atoms. The van der Waals surface area contributed by atoms with Gasteiger partial charge in [-0.05, 0) is 36.3 Å². The predicted molar refractivity (Wildman–Crippen MR) is 125 cm³/mol. The van der Waals surface area contributed by atoms with E-state index in [4.69, 9.17) is 58.6 Å². The molecule has 1 unspecified atom stereocenters. The van der Waals surface area contributed by atoms with E-state index in [2.05, 4.69) is 5.32 Å². The molecule has 9 heteroatoms. The second kappa shape index (κ2) is 9.71. The van der Waals surface area contributed by atoms with E-state index >= 15 is 0 Å². The van der Waals surface area contributed by atoms with Gasteiger partial charge in [-0.15, -0.1) is 0 Å². The predicted octanol–water partition coefficient (Wildman–Crippen LogP) is 5.19. The standard InChI is InChI=1S/C20H19Cl4N3OS/c21-15-8-4-5-9-16(15)26-12-13-27(19(26)29)18(20(22,23)24)25-17(28)11-10-14-6-2-1-3-7-14/h1-9,18H,10-13H2,(H,25,28). The minimum Gasteiger partial charge on any atom is -0.332 e. The fraction of sp³-hybridized carbons (Fsp3) is 0.300. The molecule has 0 aromatic heterocycles. The van der Waals surface area contributed by atoms with Gasteiger partial charge in [-0.25, -0.2) is 0 Å². The van der Waals surface area contributed by atoms with Crippen LogP contribution in [0.15, 0.2) is 54.6 Å². The van der Waals surface area contributed by atoms with E-state index in [-0.39, 0.29) is 12.3 Å². The van der Waals surface area contributed by atoms with Crippen LogP contribution in [-0.2, 0) is 11.2 Å². The first kappa shape index (κ1) is 22.4. The Labute approximate surface area is 195 Å². The van der Waals surface area contributed by atoms with Crippen LogP contribution in [-0.4, -0.2) is 39.0 Å². The molecular formula is C20H19Cl4N3OS. The molecule has 2 aromatic carbocycles. The number of thiocarbonyl (C=S) groups is 1. The van der Waals surface area contributed by atoms with Gasteiger partial charge in [0.1, 0.15) is 0 Å². The third-order valence-corrected chi connectivity index (χ3v) is 5.98. The lowest BCUT2D eigenvalue weighted by Crippen LogP contribution is -2.56. The SMILES string of the molecule is O=C(CCc1ccccc1)NC(N1CCN(c2ccccc2Cl)C1=S)C(Cl)(Cl)Cl. The number of rotatable bonds is 6. The van der Waals surface area contributed by atoms with Crippen molar-refractivity contribution in [3.63, 3.8) is 0 Å². The van der Waals surface area contributed by atoms with Gasteiger partial charge < -0.3 is 15.1 Å². The summed E-state index contributed by atoms with van der Waals surface area (Å²) in [5.41, 5.74) is 1.84. The molecule has 1 amide bonds. The van der Waals surface area contributed by atoms with Gasteiger partial charge in [0, 0.05) is 19.5 Å². The Morgan fingerprint density at radius 1 is 1.07 bits per heavy atom. The number of hydrogen-bond donors (Lipinski definition) is 1. The second-order valence-electron chi connectivity index (χ2n) is 6.58. The Balaban J connectivity index is 1.70. The molecule has 29 heavy (non-hydrogen) atoms. The number of amides is 1. The van der Waals surface area contributed by atoms with Crippen molar-refractivity contribution in [3.8, 4) is 0 Å². The maximum absolute atomic E-state index is 12.6. The maximum atomic E-state index is 12.6. The van der Waals surface area contributed by atoms with Crippen molar-refractivity contribution in [3.05, 3.63) is 65.2 Å². The smallest absolute Gasteiger partial charge is 0.228 e. The first-order valence-electron chi connectivity index (χ1n) is 9.00. The summed E-state index contributed by atoms with van der Waals surface area (Å²) in [4.78, 5) is 16.1. The van der Waals surface area contributed by atoms with Crippen LogP contribution >= 0.6 is 58.6 Å². The number of carbonyl (C=O) groups is 1. The molecule has 1 aliphatic rings. The molecule has 3 rings (SSSR count). The van der Waals surface area contributed by atoms with Gasteiger partial charge in [-0.3, -0.25) is 4.79 Å². The zero-order chi connectivity index (χ0) is 21.0. The average Bonchev–Trinajstić information content (AvgIpc) is 3.05. The van der Waals surface area contributed by atoms with Crippen LogP contribution in [0.25, 0.3) is 0 Å². The lowest BCUT2D eigenvalue weighted by atomic mass is 10.1. The average molecular weight is 491 g/mol. The van der Waals surface area contributed by atoms with E-state index < -0.39 is 9.96 Å². The molecule has 1 aliphatic heterocycles. The van der Waals surface area contributed by atoms with E-state index in [1.54, 1.807) is 11.0 Å².